The van der Waals surface area contributed by atoms with E-state index in [-0.39, 0.29) is 24.9 Å². The minimum Gasteiger partial charge on any atom is -0.381 e. The van der Waals surface area contributed by atoms with Gasteiger partial charge in [-0.05, 0) is 66.3 Å². The van der Waals surface area contributed by atoms with Gasteiger partial charge in [0.2, 0.25) is 5.91 Å². The summed E-state index contributed by atoms with van der Waals surface area (Å²) < 4.78 is 1.81. The molecule has 6 nitrogen and oxygen atoms in total. The zero-order chi connectivity index (χ0) is 27.2. The van der Waals surface area contributed by atoms with Crippen molar-refractivity contribution in [1.82, 2.24) is 19.8 Å². The van der Waals surface area contributed by atoms with Crippen LogP contribution in [0.5, 0.6) is 0 Å². The maximum absolute atomic E-state index is 13.3. The summed E-state index contributed by atoms with van der Waals surface area (Å²) in [6.07, 6.45) is 6.94. The molecule has 0 spiro atoms. The van der Waals surface area contributed by atoms with E-state index in [1.807, 2.05) is 10.6 Å². The Morgan fingerprint density at radius 2 is 1.90 bits per heavy atom. The van der Waals surface area contributed by atoms with Crippen molar-refractivity contribution >= 4 is 17.5 Å². The second-order valence-electron chi connectivity index (χ2n) is 10.5. The van der Waals surface area contributed by atoms with Crippen LogP contribution < -0.4 is 5.32 Å². The van der Waals surface area contributed by atoms with Gasteiger partial charge >= 0.3 is 0 Å². The standard InChI is InChI=1S/C32H35ClN4O2/c1-24-26(9-5-11-30(24)25-7-3-2-4-8-25)19-36-17-6-10-27(20-36)31(38)35-21-32(39,22-37-18-16-34-23-37)28-12-14-29(33)15-13-28/h2-5,7-9,11-16,18,23,27,39H,6,10,17,19-22H2,1H3,(H,35,38). The summed E-state index contributed by atoms with van der Waals surface area (Å²) >= 11 is 6.08. The predicted octanol–water partition coefficient (Wildman–Crippen LogP) is 5.43. The number of hydrogen-bond donors (Lipinski definition) is 2. The molecule has 1 aromatic heterocycles. The van der Waals surface area contributed by atoms with Crippen LogP contribution in [0.15, 0.2) is 91.5 Å². The Kier molecular flexibility index (Phi) is 8.46. The molecule has 0 bridgehead atoms. The van der Waals surface area contributed by atoms with Crippen LogP contribution in [0.1, 0.15) is 29.5 Å². The van der Waals surface area contributed by atoms with Crippen LogP contribution >= 0.6 is 11.6 Å². The van der Waals surface area contributed by atoms with Gasteiger partial charge in [-0.3, -0.25) is 9.69 Å². The van der Waals surface area contributed by atoms with Crippen molar-refractivity contribution in [1.29, 1.82) is 0 Å². The van der Waals surface area contributed by atoms with E-state index < -0.39 is 5.60 Å². The minimum atomic E-state index is -1.30. The van der Waals surface area contributed by atoms with Gasteiger partial charge in [0.15, 0.2) is 0 Å². The lowest BCUT2D eigenvalue weighted by molar-refractivity contribution is -0.128. The highest BCUT2D eigenvalue weighted by Crippen LogP contribution is 2.28. The Balaban J connectivity index is 1.24. The molecule has 3 aromatic carbocycles. The fourth-order valence-electron chi connectivity index (χ4n) is 5.51. The molecule has 0 radical (unpaired) electrons. The molecule has 202 valence electrons. The number of piperidine rings is 1. The van der Waals surface area contributed by atoms with E-state index in [4.69, 9.17) is 11.6 Å². The quantitative estimate of drug-likeness (QED) is 0.296. The van der Waals surface area contributed by atoms with Crippen molar-refractivity contribution in [3.63, 3.8) is 0 Å². The van der Waals surface area contributed by atoms with E-state index in [9.17, 15) is 9.90 Å². The van der Waals surface area contributed by atoms with E-state index in [1.54, 1.807) is 43.0 Å². The van der Waals surface area contributed by atoms with Gasteiger partial charge in [0, 0.05) is 30.5 Å². The summed E-state index contributed by atoms with van der Waals surface area (Å²) in [6, 6.07) is 24.1. The number of amides is 1. The largest absolute Gasteiger partial charge is 0.381 e. The molecule has 1 fully saturated rings. The first-order valence-corrected chi connectivity index (χ1v) is 13.9. The predicted molar refractivity (Wildman–Crippen MR) is 155 cm³/mol. The Hall–Kier alpha value is -3.45. The second kappa shape index (κ2) is 12.2. The number of aromatic nitrogens is 2. The van der Waals surface area contributed by atoms with Gasteiger partial charge in [0.1, 0.15) is 5.60 Å². The Morgan fingerprint density at radius 3 is 2.64 bits per heavy atom. The molecular weight excluding hydrogens is 508 g/mol. The van der Waals surface area contributed by atoms with Crippen molar-refractivity contribution in [2.75, 3.05) is 19.6 Å². The lowest BCUT2D eigenvalue weighted by Gasteiger charge is -2.34. The molecule has 0 saturated carbocycles. The third kappa shape index (κ3) is 6.59. The number of imidazole rings is 1. The summed E-state index contributed by atoms with van der Waals surface area (Å²) in [5.74, 6) is -0.147. The topological polar surface area (TPSA) is 70.4 Å². The molecule has 4 aromatic rings. The molecule has 1 saturated heterocycles. The molecule has 2 unspecified atom stereocenters. The third-order valence-corrected chi connectivity index (χ3v) is 7.99. The molecule has 1 aliphatic heterocycles. The Bertz CT molecular complexity index is 1380. The maximum Gasteiger partial charge on any atom is 0.224 e. The Labute approximate surface area is 235 Å². The van der Waals surface area contributed by atoms with Gasteiger partial charge in [-0.2, -0.15) is 0 Å². The van der Waals surface area contributed by atoms with E-state index in [1.165, 1.54) is 22.3 Å². The molecule has 7 heteroatoms. The maximum atomic E-state index is 13.3. The number of benzene rings is 3. The minimum absolute atomic E-state index is 0.0209. The highest BCUT2D eigenvalue weighted by Gasteiger charge is 2.33. The normalized spacial score (nSPS) is 17.5. The van der Waals surface area contributed by atoms with Gasteiger partial charge in [-0.25, -0.2) is 4.98 Å². The molecule has 1 aliphatic rings. The molecule has 0 aliphatic carbocycles. The zero-order valence-electron chi connectivity index (χ0n) is 22.3. The summed E-state index contributed by atoms with van der Waals surface area (Å²) in [6.45, 7) is 5.02. The number of nitrogens with zero attached hydrogens (tertiary/aromatic N) is 3. The average Bonchev–Trinajstić information content (AvgIpc) is 3.46. The highest BCUT2D eigenvalue weighted by molar-refractivity contribution is 6.30. The van der Waals surface area contributed by atoms with Crippen molar-refractivity contribution in [2.24, 2.45) is 5.92 Å². The van der Waals surface area contributed by atoms with Crippen LogP contribution in [0.2, 0.25) is 5.02 Å². The fourth-order valence-corrected chi connectivity index (χ4v) is 5.63. The molecule has 2 atom stereocenters. The van der Waals surface area contributed by atoms with Gasteiger partial charge < -0.3 is 15.0 Å². The highest BCUT2D eigenvalue weighted by atomic mass is 35.5. The van der Waals surface area contributed by atoms with Crippen LogP contribution in [0.25, 0.3) is 11.1 Å². The van der Waals surface area contributed by atoms with E-state index >= 15 is 0 Å². The van der Waals surface area contributed by atoms with Crippen molar-refractivity contribution in [3.05, 3.63) is 113 Å². The third-order valence-electron chi connectivity index (χ3n) is 7.74. The fraction of sp³-hybridized carbons (Fsp3) is 0.312. The smallest absolute Gasteiger partial charge is 0.224 e. The van der Waals surface area contributed by atoms with Gasteiger partial charge in [-0.1, -0.05) is 72.3 Å². The second-order valence-corrected chi connectivity index (χ2v) is 11.0. The first-order chi connectivity index (χ1) is 18.9. The lowest BCUT2D eigenvalue weighted by Crippen LogP contribution is -2.48. The van der Waals surface area contributed by atoms with Crippen LogP contribution in [0.4, 0.5) is 0 Å². The molecule has 2 heterocycles. The van der Waals surface area contributed by atoms with Crippen molar-refractivity contribution in [3.8, 4) is 11.1 Å². The van der Waals surface area contributed by atoms with Gasteiger partial charge in [0.25, 0.3) is 0 Å². The van der Waals surface area contributed by atoms with E-state index in [0.29, 0.717) is 17.1 Å². The summed E-state index contributed by atoms with van der Waals surface area (Å²) in [7, 11) is 0. The molecular formula is C32H35ClN4O2. The van der Waals surface area contributed by atoms with Crippen LogP contribution in [0, 0.1) is 12.8 Å². The van der Waals surface area contributed by atoms with Gasteiger partial charge in [0.05, 0.1) is 25.3 Å². The number of aliphatic hydroxyl groups is 1. The molecule has 5 rings (SSSR count). The van der Waals surface area contributed by atoms with Crippen LogP contribution in [-0.2, 0) is 23.5 Å². The first kappa shape index (κ1) is 27.1. The average molecular weight is 543 g/mol. The van der Waals surface area contributed by atoms with Crippen LogP contribution in [0.3, 0.4) is 0 Å². The number of rotatable bonds is 9. The van der Waals surface area contributed by atoms with Crippen molar-refractivity contribution in [2.45, 2.75) is 38.5 Å². The number of hydrogen-bond acceptors (Lipinski definition) is 4. The summed E-state index contributed by atoms with van der Waals surface area (Å²) in [5.41, 5.74) is 4.43. The number of halogens is 1. The number of carbonyl (C=O) groups is 1. The number of nitrogens with one attached hydrogen (secondary N) is 1. The Morgan fingerprint density at radius 1 is 1.10 bits per heavy atom. The van der Waals surface area contributed by atoms with E-state index in [2.05, 4.69) is 64.6 Å². The molecule has 1 amide bonds. The zero-order valence-corrected chi connectivity index (χ0v) is 23.0. The van der Waals surface area contributed by atoms with E-state index in [0.717, 1.165) is 25.9 Å². The SMILES string of the molecule is Cc1c(CN2CCCC(C(=O)NCC(O)(Cn3ccnc3)c3ccc(Cl)cc3)C2)cccc1-c1ccccc1. The van der Waals surface area contributed by atoms with Gasteiger partial charge in [-0.15, -0.1) is 0 Å². The van der Waals surface area contributed by atoms with Crippen LogP contribution in [-0.4, -0.2) is 45.1 Å². The number of carbonyl (C=O) groups excluding carboxylic acids is 1. The number of likely N-dealkylation sites (tertiary alicyclic amines) is 1. The monoisotopic (exact) mass is 542 g/mol. The lowest BCUT2D eigenvalue weighted by atomic mass is 9.92. The molecule has 39 heavy (non-hydrogen) atoms. The summed E-state index contributed by atoms with van der Waals surface area (Å²) in [4.78, 5) is 19.8. The molecule has 2 N–H and O–H groups in total. The first-order valence-electron chi connectivity index (χ1n) is 13.5. The summed E-state index contributed by atoms with van der Waals surface area (Å²) in [5, 5.41) is 15.3. The van der Waals surface area contributed by atoms with Crippen molar-refractivity contribution < 1.29 is 9.90 Å².